The first-order chi connectivity index (χ1) is 20.9. The van der Waals surface area contributed by atoms with E-state index in [1.54, 1.807) is 24.5 Å². The van der Waals surface area contributed by atoms with Crippen LogP contribution in [0.25, 0.3) is 11.1 Å². The van der Waals surface area contributed by atoms with Crippen molar-refractivity contribution in [2.75, 3.05) is 20.1 Å². The number of nitrogens with one attached hydrogen (secondary N) is 1. The van der Waals surface area contributed by atoms with Crippen molar-refractivity contribution in [3.05, 3.63) is 138 Å². The molecule has 43 heavy (non-hydrogen) atoms. The van der Waals surface area contributed by atoms with Crippen molar-refractivity contribution in [1.29, 1.82) is 0 Å². The molecular formula is C36H39N3O4. The van der Waals surface area contributed by atoms with Gasteiger partial charge in [0.25, 0.3) is 5.91 Å². The molecule has 0 aliphatic carbocycles. The van der Waals surface area contributed by atoms with Gasteiger partial charge in [-0.25, -0.2) is 0 Å². The van der Waals surface area contributed by atoms with Crippen molar-refractivity contribution in [1.82, 2.24) is 15.2 Å². The standard InChI is InChI=1S/C36H39N3O4/c1-4-19-39(3)23-33-25(2)34(29-12-10-26(24-40)11-13-29)43-36(42-33)30-16-14-28(15-17-30)31-8-5-7-27(20-31)21-38-35(41)32-9-6-18-37-22-32/h4-18,20,22,25,33-34,36,40H,1,19,21,23-24H2,2-3H3,(H,38,41)/t25-,33+,34+,36+/m1/s1. The average molecular weight is 578 g/mol. The van der Waals surface area contributed by atoms with E-state index in [1.807, 2.05) is 42.5 Å². The van der Waals surface area contributed by atoms with E-state index in [4.69, 9.17) is 9.47 Å². The van der Waals surface area contributed by atoms with Gasteiger partial charge >= 0.3 is 0 Å². The fourth-order valence-corrected chi connectivity index (χ4v) is 5.41. The number of carbonyl (C=O) groups excluding carboxylic acids is 1. The molecule has 0 bridgehead atoms. The Hall–Kier alpha value is -4.14. The number of hydrogen-bond donors (Lipinski definition) is 2. The van der Waals surface area contributed by atoms with E-state index in [0.29, 0.717) is 12.1 Å². The topological polar surface area (TPSA) is 83.9 Å². The van der Waals surface area contributed by atoms with Crippen LogP contribution in [0.5, 0.6) is 0 Å². The molecule has 0 unspecified atom stereocenters. The summed E-state index contributed by atoms with van der Waals surface area (Å²) >= 11 is 0. The molecule has 2 N–H and O–H groups in total. The Morgan fingerprint density at radius 2 is 1.74 bits per heavy atom. The number of pyridine rings is 1. The van der Waals surface area contributed by atoms with Crippen molar-refractivity contribution >= 4 is 5.91 Å². The zero-order valence-electron chi connectivity index (χ0n) is 24.7. The number of hydrogen-bond acceptors (Lipinski definition) is 6. The van der Waals surface area contributed by atoms with Crippen LogP contribution in [0.3, 0.4) is 0 Å². The summed E-state index contributed by atoms with van der Waals surface area (Å²) in [7, 11) is 2.07. The molecule has 1 aliphatic heterocycles. The van der Waals surface area contributed by atoms with Crippen LogP contribution < -0.4 is 5.32 Å². The second-order valence-electron chi connectivity index (χ2n) is 11.1. The molecule has 5 rings (SSSR count). The Labute approximate surface area is 253 Å². The summed E-state index contributed by atoms with van der Waals surface area (Å²) in [6.07, 6.45) is 4.37. The van der Waals surface area contributed by atoms with Gasteiger partial charge in [-0.15, -0.1) is 6.58 Å². The molecule has 0 radical (unpaired) electrons. The van der Waals surface area contributed by atoms with Gasteiger partial charge in [-0.1, -0.05) is 79.7 Å². The van der Waals surface area contributed by atoms with Crippen molar-refractivity contribution in [2.45, 2.75) is 38.6 Å². The summed E-state index contributed by atoms with van der Waals surface area (Å²) in [5, 5.41) is 12.5. The number of rotatable bonds is 11. The van der Waals surface area contributed by atoms with E-state index in [9.17, 15) is 9.90 Å². The van der Waals surface area contributed by atoms with Gasteiger partial charge in [0.05, 0.1) is 24.4 Å². The van der Waals surface area contributed by atoms with Crippen LogP contribution >= 0.6 is 0 Å². The first-order valence-corrected chi connectivity index (χ1v) is 14.6. The lowest BCUT2D eigenvalue weighted by molar-refractivity contribution is -0.275. The number of aliphatic hydroxyl groups is 1. The monoisotopic (exact) mass is 577 g/mol. The van der Waals surface area contributed by atoms with Crippen LogP contribution in [0.4, 0.5) is 0 Å². The van der Waals surface area contributed by atoms with Crippen molar-refractivity contribution in [3.63, 3.8) is 0 Å². The summed E-state index contributed by atoms with van der Waals surface area (Å²) in [6.45, 7) is 8.00. The third-order valence-electron chi connectivity index (χ3n) is 7.88. The number of ether oxygens (including phenoxy) is 2. The smallest absolute Gasteiger partial charge is 0.253 e. The van der Waals surface area contributed by atoms with Gasteiger partial charge in [0.15, 0.2) is 6.29 Å². The molecule has 7 heteroatoms. The fourth-order valence-electron chi connectivity index (χ4n) is 5.41. The molecule has 4 atom stereocenters. The van der Waals surface area contributed by atoms with Crippen LogP contribution in [-0.2, 0) is 22.6 Å². The Morgan fingerprint density at radius 1 is 0.977 bits per heavy atom. The minimum atomic E-state index is -0.524. The maximum atomic E-state index is 12.4. The second kappa shape index (κ2) is 14.4. The van der Waals surface area contributed by atoms with E-state index in [0.717, 1.165) is 46.5 Å². The molecule has 1 fully saturated rings. The van der Waals surface area contributed by atoms with E-state index in [-0.39, 0.29) is 30.6 Å². The molecule has 3 aromatic carbocycles. The van der Waals surface area contributed by atoms with Gasteiger partial charge in [-0.05, 0) is 53.1 Å². The third-order valence-corrected chi connectivity index (χ3v) is 7.88. The van der Waals surface area contributed by atoms with Gasteiger partial charge in [0.2, 0.25) is 0 Å². The fraction of sp³-hybridized carbons (Fsp3) is 0.278. The summed E-state index contributed by atoms with van der Waals surface area (Å²) in [5.41, 5.74) is 6.56. The quantitative estimate of drug-likeness (QED) is 0.210. The van der Waals surface area contributed by atoms with Crippen LogP contribution in [0.1, 0.15) is 51.9 Å². The summed E-state index contributed by atoms with van der Waals surface area (Å²) in [5.74, 6) is -0.0366. The molecule has 2 heterocycles. The highest BCUT2D eigenvalue weighted by atomic mass is 16.7. The van der Waals surface area contributed by atoms with E-state index < -0.39 is 6.29 Å². The number of amides is 1. The Kier molecular flexibility index (Phi) is 10.1. The zero-order chi connectivity index (χ0) is 30.2. The highest BCUT2D eigenvalue weighted by Crippen LogP contribution is 2.42. The number of nitrogens with zero attached hydrogens (tertiary/aromatic N) is 2. The first kappa shape index (κ1) is 30.3. The van der Waals surface area contributed by atoms with Gasteiger partial charge in [0, 0.05) is 43.5 Å². The molecule has 222 valence electrons. The molecule has 1 aliphatic rings. The molecule has 7 nitrogen and oxygen atoms in total. The maximum absolute atomic E-state index is 12.4. The molecule has 0 saturated carbocycles. The first-order valence-electron chi connectivity index (χ1n) is 14.6. The van der Waals surface area contributed by atoms with Crippen LogP contribution in [-0.4, -0.2) is 47.1 Å². The largest absolute Gasteiger partial charge is 0.392 e. The molecule has 0 spiro atoms. The molecule has 4 aromatic rings. The normalized spacial score (nSPS) is 20.1. The number of benzene rings is 3. The molecular weight excluding hydrogens is 538 g/mol. The number of aromatic nitrogens is 1. The lowest BCUT2D eigenvalue weighted by Gasteiger charge is -2.42. The maximum Gasteiger partial charge on any atom is 0.253 e. The van der Waals surface area contributed by atoms with Crippen molar-refractivity contribution in [3.8, 4) is 11.1 Å². The highest BCUT2D eigenvalue weighted by Gasteiger charge is 2.38. The second-order valence-corrected chi connectivity index (χ2v) is 11.1. The van der Waals surface area contributed by atoms with E-state index >= 15 is 0 Å². The summed E-state index contributed by atoms with van der Waals surface area (Å²) < 4.78 is 13.2. The van der Waals surface area contributed by atoms with E-state index in [1.165, 1.54) is 0 Å². The Bertz CT molecular complexity index is 1490. The minimum absolute atomic E-state index is 0.0113. The van der Waals surface area contributed by atoms with E-state index in [2.05, 4.69) is 72.1 Å². The Morgan fingerprint density at radius 3 is 2.44 bits per heavy atom. The SMILES string of the molecule is C=CCN(C)C[C@@H]1O[C@H](c2ccc(-c3cccc(CNC(=O)c4cccnc4)c3)cc2)O[C@H](c2ccc(CO)cc2)[C@@H]1C. The lowest BCUT2D eigenvalue weighted by atomic mass is 9.90. The lowest BCUT2D eigenvalue weighted by Crippen LogP contribution is -2.43. The van der Waals surface area contributed by atoms with Gasteiger partial charge in [-0.3, -0.25) is 9.78 Å². The predicted molar refractivity (Wildman–Crippen MR) is 168 cm³/mol. The third kappa shape index (κ3) is 7.63. The molecule has 1 amide bonds. The molecule has 1 aromatic heterocycles. The van der Waals surface area contributed by atoms with Gasteiger partial charge < -0.3 is 24.8 Å². The number of likely N-dealkylation sites (N-methyl/N-ethyl adjacent to an activating group) is 1. The summed E-state index contributed by atoms with van der Waals surface area (Å²) in [4.78, 5) is 18.7. The average Bonchev–Trinajstić information content (AvgIpc) is 3.05. The van der Waals surface area contributed by atoms with Crippen LogP contribution in [0.15, 0.2) is 110 Å². The van der Waals surface area contributed by atoms with Crippen molar-refractivity contribution in [2.24, 2.45) is 5.92 Å². The van der Waals surface area contributed by atoms with Crippen molar-refractivity contribution < 1.29 is 19.4 Å². The zero-order valence-corrected chi connectivity index (χ0v) is 24.7. The summed E-state index contributed by atoms with van der Waals surface area (Å²) in [6, 6.07) is 27.9. The predicted octanol–water partition coefficient (Wildman–Crippen LogP) is 6.08. The van der Waals surface area contributed by atoms with Crippen LogP contribution in [0.2, 0.25) is 0 Å². The number of carbonyl (C=O) groups is 1. The van der Waals surface area contributed by atoms with Gasteiger partial charge in [-0.2, -0.15) is 0 Å². The highest BCUT2D eigenvalue weighted by molar-refractivity contribution is 5.93. The molecule has 1 saturated heterocycles. The minimum Gasteiger partial charge on any atom is -0.392 e. The van der Waals surface area contributed by atoms with Crippen LogP contribution in [0, 0.1) is 5.92 Å². The van der Waals surface area contributed by atoms with Gasteiger partial charge in [0.1, 0.15) is 0 Å². The Balaban J connectivity index is 1.31. The number of aliphatic hydroxyl groups excluding tert-OH is 1.